The Labute approximate surface area is 136 Å². The first-order chi connectivity index (χ1) is 9.54. The van der Waals surface area contributed by atoms with Crippen LogP contribution >= 0.6 is 0 Å². The number of nitrogens with one attached hydrogen (secondary N) is 1. The van der Waals surface area contributed by atoms with Crippen molar-refractivity contribution in [3.8, 4) is 0 Å². The molecule has 3 heteroatoms. The topological polar surface area (TPSA) is 12.0 Å². The van der Waals surface area contributed by atoms with Crippen LogP contribution in [0.1, 0.15) is 76.2 Å². The van der Waals surface area contributed by atoms with E-state index in [2.05, 4.69) is 87.2 Å². The minimum Gasteiger partial charge on any atom is -0.334 e. The molecule has 1 unspecified atom stereocenters. The average molecular weight is 328 g/mol. The molecule has 1 nitrogen and oxygen atoms in total. The molecule has 0 radical (unpaired) electrons. The van der Waals surface area contributed by atoms with Crippen LogP contribution in [0.2, 0.25) is 22.7 Å². The number of hydrogen-bond donors (Lipinski definition) is 1. The van der Waals surface area contributed by atoms with E-state index in [0.717, 1.165) is 16.6 Å². The highest BCUT2D eigenvalue weighted by Gasteiger charge is 2.60. The molecule has 0 fully saturated rings. The van der Waals surface area contributed by atoms with Gasteiger partial charge < -0.3 is 4.98 Å². The highest BCUT2D eigenvalue weighted by atomic mass is 29.3. The van der Waals surface area contributed by atoms with E-state index >= 15 is 0 Å². The Morgan fingerprint density at radius 3 is 1.48 bits per heavy atom. The summed E-state index contributed by atoms with van der Waals surface area (Å²) in [6.45, 7) is 26.8. The molecule has 1 N–H and O–H groups in total. The maximum Gasteiger partial charge on any atom is 0.142 e. The van der Waals surface area contributed by atoms with Gasteiger partial charge in [-0.05, 0) is 25.9 Å². The Balaban J connectivity index is 6.52. The number of rotatable bonds is 8. The van der Waals surface area contributed by atoms with Gasteiger partial charge in [-0.15, -0.1) is 0 Å². The van der Waals surface area contributed by atoms with Gasteiger partial charge in [-0.2, -0.15) is 0 Å². The third-order valence-corrected chi connectivity index (χ3v) is 29.1. The summed E-state index contributed by atoms with van der Waals surface area (Å²) >= 11 is 0. The second kappa shape index (κ2) is 8.12. The van der Waals surface area contributed by atoms with Gasteiger partial charge in [-0.3, -0.25) is 0 Å². The fourth-order valence-electron chi connectivity index (χ4n) is 5.49. The summed E-state index contributed by atoms with van der Waals surface area (Å²) in [7, 11) is -3.15. The molecule has 21 heavy (non-hydrogen) atoms. The lowest BCUT2D eigenvalue weighted by Crippen LogP contribution is -2.76. The molecule has 0 saturated heterocycles. The van der Waals surface area contributed by atoms with Crippen LogP contribution < -0.4 is 4.98 Å². The molecule has 126 valence electrons. The summed E-state index contributed by atoms with van der Waals surface area (Å²) in [6, 6.07) is 1.91. The van der Waals surface area contributed by atoms with Crippen LogP contribution in [-0.2, 0) is 0 Å². The van der Waals surface area contributed by atoms with Crippen LogP contribution in [0.15, 0.2) is 11.3 Å². The predicted molar refractivity (Wildman–Crippen MR) is 105 cm³/mol. The highest BCUT2D eigenvalue weighted by molar-refractivity contribution is 7.45. The van der Waals surface area contributed by atoms with Gasteiger partial charge in [0.1, 0.15) is 7.75 Å². The molecule has 0 aliphatic rings. The number of allylic oxidation sites excluding steroid dienone is 2. The van der Waals surface area contributed by atoms with Gasteiger partial charge in [0.2, 0.25) is 0 Å². The molecular weight excluding hydrogens is 286 g/mol. The van der Waals surface area contributed by atoms with Crippen molar-refractivity contribution in [1.29, 1.82) is 0 Å². The maximum atomic E-state index is 4.21. The van der Waals surface area contributed by atoms with Crippen molar-refractivity contribution in [3.05, 3.63) is 11.3 Å². The summed E-state index contributed by atoms with van der Waals surface area (Å²) in [5.41, 5.74) is 2.47. The van der Waals surface area contributed by atoms with Crippen molar-refractivity contribution in [1.82, 2.24) is 4.98 Å². The molecule has 1 atom stereocenters. The van der Waals surface area contributed by atoms with Crippen LogP contribution in [0, 0.1) is 0 Å². The molecule has 0 saturated carbocycles. The Bertz CT molecular complexity index is 323. The van der Waals surface area contributed by atoms with Crippen LogP contribution in [0.3, 0.4) is 0 Å². The van der Waals surface area contributed by atoms with E-state index in [-0.39, 0.29) is 0 Å². The van der Waals surface area contributed by atoms with E-state index in [1.54, 1.807) is 5.20 Å². The van der Waals surface area contributed by atoms with Gasteiger partial charge in [0.15, 0.2) is 0 Å². The minimum atomic E-state index is -1.65. The molecule has 0 rings (SSSR count). The van der Waals surface area contributed by atoms with E-state index in [4.69, 9.17) is 0 Å². The van der Waals surface area contributed by atoms with E-state index in [1.807, 2.05) is 0 Å². The average Bonchev–Trinajstić information content (AvgIpc) is 2.34. The van der Waals surface area contributed by atoms with Crippen molar-refractivity contribution in [2.24, 2.45) is 0 Å². The first-order valence-electron chi connectivity index (χ1n) is 8.95. The van der Waals surface area contributed by atoms with Crippen LogP contribution in [0.25, 0.3) is 0 Å². The molecule has 0 aliphatic heterocycles. The second-order valence-corrected chi connectivity index (χ2v) is 22.0. The third kappa shape index (κ3) is 3.56. The van der Waals surface area contributed by atoms with Crippen LogP contribution in [-0.4, -0.2) is 21.4 Å². The molecule has 0 aromatic heterocycles. The zero-order valence-electron chi connectivity index (χ0n) is 16.6. The van der Waals surface area contributed by atoms with Crippen LogP contribution in [0.4, 0.5) is 0 Å². The molecule has 0 amide bonds. The standard InChI is InChI=1S/C18H41NSi2/c1-12-18(11)20(13-2,19-14(3)4)21(15(5)6,16(7)8)17(9)10/h12,14-17,19H,13H2,1-11H3/b18-12+. The lowest BCUT2D eigenvalue weighted by Gasteiger charge is -2.57. The van der Waals surface area contributed by atoms with Crippen molar-refractivity contribution < 1.29 is 0 Å². The Morgan fingerprint density at radius 2 is 1.29 bits per heavy atom. The first kappa shape index (κ1) is 21.1. The molecule has 0 bridgehead atoms. The fraction of sp³-hybridized carbons (Fsp3) is 0.889. The Kier molecular flexibility index (Phi) is 8.17. The van der Waals surface area contributed by atoms with Gasteiger partial charge in [-0.25, -0.2) is 0 Å². The van der Waals surface area contributed by atoms with E-state index < -0.39 is 15.3 Å². The molecule has 0 aromatic carbocycles. The molecule has 0 spiro atoms. The maximum absolute atomic E-state index is 4.21. The lowest BCUT2D eigenvalue weighted by atomic mass is 10.4. The number of hydrogen-bond acceptors (Lipinski definition) is 1. The molecule has 0 aliphatic carbocycles. The molecule has 0 heterocycles. The highest BCUT2D eigenvalue weighted by Crippen LogP contribution is 2.50. The van der Waals surface area contributed by atoms with Crippen LogP contribution in [0.5, 0.6) is 0 Å². The van der Waals surface area contributed by atoms with Gasteiger partial charge >= 0.3 is 0 Å². The second-order valence-electron chi connectivity index (χ2n) is 7.93. The van der Waals surface area contributed by atoms with E-state index in [0.29, 0.717) is 6.04 Å². The Morgan fingerprint density at radius 1 is 0.905 bits per heavy atom. The molecule has 0 aromatic rings. The van der Waals surface area contributed by atoms with Gasteiger partial charge in [0.25, 0.3) is 0 Å². The van der Waals surface area contributed by atoms with Crippen molar-refractivity contribution in [2.75, 3.05) is 0 Å². The zero-order chi connectivity index (χ0) is 17.0. The summed E-state index contributed by atoms with van der Waals surface area (Å²) in [6.07, 6.45) is 2.42. The normalized spacial score (nSPS) is 17.2. The summed E-state index contributed by atoms with van der Waals surface area (Å²) in [5.74, 6) is 0. The largest absolute Gasteiger partial charge is 0.334 e. The minimum absolute atomic E-state index is 0.578. The third-order valence-electron chi connectivity index (χ3n) is 5.78. The van der Waals surface area contributed by atoms with Crippen molar-refractivity contribution in [2.45, 2.75) is 105 Å². The predicted octanol–water partition coefficient (Wildman–Crippen LogP) is 6.21. The fourth-order valence-corrected chi connectivity index (χ4v) is 31.3. The lowest BCUT2D eigenvalue weighted by molar-refractivity contribution is 0.725. The first-order valence-corrected chi connectivity index (χ1v) is 14.4. The molecular formula is C18H41NSi2. The monoisotopic (exact) mass is 327 g/mol. The van der Waals surface area contributed by atoms with E-state index in [9.17, 15) is 0 Å². The SMILES string of the molecule is C/C=C(\C)[Si](CC)(NC(C)C)[Si](C(C)C)(C(C)C)C(C)C. The van der Waals surface area contributed by atoms with Gasteiger partial charge in [0.05, 0.1) is 7.59 Å². The van der Waals surface area contributed by atoms with Crippen molar-refractivity contribution >= 4 is 15.3 Å². The van der Waals surface area contributed by atoms with Gasteiger partial charge in [-0.1, -0.05) is 90.2 Å². The Hall–Kier alpha value is 0.134. The smallest absolute Gasteiger partial charge is 0.142 e. The van der Waals surface area contributed by atoms with Gasteiger partial charge in [0, 0.05) is 0 Å². The zero-order valence-corrected chi connectivity index (χ0v) is 18.6. The summed E-state index contributed by atoms with van der Waals surface area (Å²) in [5, 5.41) is 1.70. The summed E-state index contributed by atoms with van der Waals surface area (Å²) in [4.78, 5) is 4.21. The summed E-state index contributed by atoms with van der Waals surface area (Å²) < 4.78 is 0. The van der Waals surface area contributed by atoms with Crippen molar-refractivity contribution in [3.63, 3.8) is 0 Å². The van der Waals surface area contributed by atoms with E-state index in [1.165, 1.54) is 6.04 Å². The quantitative estimate of drug-likeness (QED) is 0.522.